The molecule has 25 heavy (non-hydrogen) atoms. The van der Waals surface area contributed by atoms with E-state index >= 15 is 0 Å². The summed E-state index contributed by atoms with van der Waals surface area (Å²) in [7, 11) is 0. The summed E-state index contributed by atoms with van der Waals surface area (Å²) >= 11 is 0. The summed E-state index contributed by atoms with van der Waals surface area (Å²) in [5.41, 5.74) is 2.69. The topological polar surface area (TPSA) is 50.7 Å². The Morgan fingerprint density at radius 3 is 2.32 bits per heavy atom. The standard InChI is InChI=1S/C18H17F3N2O2/c1-3-25-17(24)12(2)22-23-16-11-7-5-9-14(16)13-8-4-6-10-15(13)18(19,20)21/h4-11,23H,3H2,1-2H3. The number of carbonyl (C=O) groups is 1. The van der Waals surface area contributed by atoms with Crippen molar-refractivity contribution >= 4 is 17.4 Å². The third-order valence-electron chi connectivity index (χ3n) is 3.36. The van der Waals surface area contributed by atoms with Gasteiger partial charge >= 0.3 is 12.1 Å². The van der Waals surface area contributed by atoms with Crippen LogP contribution in [-0.2, 0) is 15.7 Å². The Morgan fingerprint density at radius 2 is 1.68 bits per heavy atom. The fourth-order valence-electron chi connectivity index (χ4n) is 2.21. The van der Waals surface area contributed by atoms with E-state index in [9.17, 15) is 18.0 Å². The molecule has 0 saturated heterocycles. The van der Waals surface area contributed by atoms with Crippen molar-refractivity contribution < 1.29 is 22.7 Å². The van der Waals surface area contributed by atoms with Gasteiger partial charge in [-0.25, -0.2) is 4.79 Å². The molecular formula is C18H17F3N2O2. The molecule has 7 heteroatoms. The van der Waals surface area contributed by atoms with Gasteiger partial charge < -0.3 is 4.74 Å². The van der Waals surface area contributed by atoms with Gasteiger partial charge in [0, 0.05) is 5.56 Å². The number of alkyl halides is 3. The van der Waals surface area contributed by atoms with Gasteiger partial charge in [-0.2, -0.15) is 18.3 Å². The zero-order valence-electron chi connectivity index (χ0n) is 13.7. The van der Waals surface area contributed by atoms with Gasteiger partial charge in [-0.1, -0.05) is 36.4 Å². The molecule has 0 aromatic heterocycles. The SMILES string of the molecule is CCOC(=O)C(C)=NNc1ccccc1-c1ccccc1C(F)(F)F. The minimum atomic E-state index is -4.48. The molecule has 2 aromatic carbocycles. The molecule has 0 fully saturated rings. The average molecular weight is 350 g/mol. The monoisotopic (exact) mass is 350 g/mol. The molecule has 0 radical (unpaired) electrons. The van der Waals surface area contributed by atoms with Crippen molar-refractivity contribution in [2.75, 3.05) is 12.0 Å². The maximum absolute atomic E-state index is 13.3. The summed E-state index contributed by atoms with van der Waals surface area (Å²) in [4.78, 5) is 11.6. The van der Waals surface area contributed by atoms with Crippen LogP contribution in [0.4, 0.5) is 18.9 Å². The lowest BCUT2D eigenvalue weighted by atomic mass is 9.98. The lowest BCUT2D eigenvalue weighted by Gasteiger charge is -2.15. The predicted molar refractivity (Wildman–Crippen MR) is 90.2 cm³/mol. The van der Waals surface area contributed by atoms with E-state index < -0.39 is 17.7 Å². The number of para-hydroxylation sites is 1. The number of hydrogen-bond donors (Lipinski definition) is 1. The first kappa shape index (κ1) is 18.5. The number of carbonyl (C=O) groups excluding carboxylic acids is 1. The van der Waals surface area contributed by atoms with Crippen molar-refractivity contribution in [2.24, 2.45) is 5.10 Å². The quantitative estimate of drug-likeness (QED) is 0.482. The van der Waals surface area contributed by atoms with E-state index in [-0.39, 0.29) is 17.9 Å². The van der Waals surface area contributed by atoms with Gasteiger partial charge in [-0.15, -0.1) is 0 Å². The Labute approximate surface area is 143 Å². The van der Waals surface area contributed by atoms with Gasteiger partial charge in [0.05, 0.1) is 17.9 Å². The molecular weight excluding hydrogens is 333 g/mol. The van der Waals surface area contributed by atoms with E-state index in [4.69, 9.17) is 4.74 Å². The zero-order chi connectivity index (χ0) is 18.4. The lowest BCUT2D eigenvalue weighted by molar-refractivity contribution is -0.137. The first-order chi connectivity index (χ1) is 11.8. The van der Waals surface area contributed by atoms with Crippen LogP contribution < -0.4 is 5.43 Å². The number of hydrazone groups is 1. The van der Waals surface area contributed by atoms with Gasteiger partial charge in [0.25, 0.3) is 0 Å². The second kappa shape index (κ2) is 7.83. The Kier molecular flexibility index (Phi) is 5.80. The second-order valence-electron chi connectivity index (χ2n) is 5.12. The number of rotatable bonds is 5. The van der Waals surface area contributed by atoms with Crippen LogP contribution >= 0.6 is 0 Å². The van der Waals surface area contributed by atoms with Crippen molar-refractivity contribution in [1.82, 2.24) is 0 Å². The summed E-state index contributed by atoms with van der Waals surface area (Å²) in [6.45, 7) is 3.33. The molecule has 0 atom stereocenters. The van der Waals surface area contributed by atoms with Crippen molar-refractivity contribution in [1.29, 1.82) is 0 Å². The molecule has 0 aliphatic carbocycles. The molecule has 2 aromatic rings. The van der Waals surface area contributed by atoms with Gasteiger partial charge in [0.15, 0.2) is 0 Å². The van der Waals surface area contributed by atoms with Crippen LogP contribution in [0.3, 0.4) is 0 Å². The molecule has 0 unspecified atom stereocenters. The lowest BCUT2D eigenvalue weighted by Crippen LogP contribution is -2.15. The maximum Gasteiger partial charge on any atom is 0.417 e. The summed E-state index contributed by atoms with van der Waals surface area (Å²) < 4.78 is 44.6. The van der Waals surface area contributed by atoms with E-state index in [0.717, 1.165) is 6.07 Å². The van der Waals surface area contributed by atoms with Crippen LogP contribution in [0, 0.1) is 0 Å². The molecule has 4 nitrogen and oxygen atoms in total. The molecule has 0 heterocycles. The highest BCUT2D eigenvalue weighted by Crippen LogP contribution is 2.39. The zero-order valence-corrected chi connectivity index (χ0v) is 13.7. The Bertz CT molecular complexity index is 786. The fourth-order valence-corrected chi connectivity index (χ4v) is 2.21. The van der Waals surface area contributed by atoms with Gasteiger partial charge in [0.1, 0.15) is 5.71 Å². The van der Waals surface area contributed by atoms with Crippen LogP contribution in [0.15, 0.2) is 53.6 Å². The highest BCUT2D eigenvalue weighted by Gasteiger charge is 2.33. The number of benzene rings is 2. The van der Waals surface area contributed by atoms with Crippen LogP contribution in [0.5, 0.6) is 0 Å². The van der Waals surface area contributed by atoms with Crippen LogP contribution in [0.2, 0.25) is 0 Å². The third kappa shape index (κ3) is 4.59. The largest absolute Gasteiger partial charge is 0.461 e. The minimum absolute atomic E-state index is 0.0297. The normalized spacial score (nSPS) is 12.0. The molecule has 0 aliphatic rings. The Morgan fingerprint density at radius 1 is 1.08 bits per heavy atom. The molecule has 132 valence electrons. The van der Waals surface area contributed by atoms with E-state index in [0.29, 0.717) is 11.3 Å². The number of nitrogens with one attached hydrogen (secondary N) is 1. The first-order valence-electron chi connectivity index (χ1n) is 7.57. The van der Waals surface area contributed by atoms with E-state index in [1.54, 1.807) is 31.2 Å². The summed E-state index contributed by atoms with van der Waals surface area (Å²) in [5, 5.41) is 3.90. The molecule has 0 spiro atoms. The molecule has 0 bridgehead atoms. The number of nitrogens with zero attached hydrogens (tertiary/aromatic N) is 1. The van der Waals surface area contributed by atoms with Crippen molar-refractivity contribution in [3.63, 3.8) is 0 Å². The molecule has 0 amide bonds. The van der Waals surface area contributed by atoms with E-state index in [2.05, 4.69) is 10.5 Å². The summed E-state index contributed by atoms with van der Waals surface area (Å²) in [5.74, 6) is -0.594. The van der Waals surface area contributed by atoms with Crippen LogP contribution in [-0.4, -0.2) is 18.3 Å². The number of hydrogen-bond acceptors (Lipinski definition) is 4. The molecule has 1 N–H and O–H groups in total. The van der Waals surface area contributed by atoms with Gasteiger partial charge in [-0.05, 0) is 31.5 Å². The maximum atomic E-state index is 13.3. The first-order valence-corrected chi connectivity index (χ1v) is 7.57. The van der Waals surface area contributed by atoms with Crippen molar-refractivity contribution in [2.45, 2.75) is 20.0 Å². The number of ether oxygens (including phenoxy) is 1. The average Bonchev–Trinajstić information content (AvgIpc) is 2.59. The van der Waals surface area contributed by atoms with Gasteiger partial charge in [-0.3, -0.25) is 5.43 Å². The van der Waals surface area contributed by atoms with E-state index in [1.165, 1.54) is 25.1 Å². The summed E-state index contributed by atoms with van der Waals surface area (Å²) in [6, 6.07) is 11.7. The highest BCUT2D eigenvalue weighted by atomic mass is 19.4. The summed E-state index contributed by atoms with van der Waals surface area (Å²) in [6.07, 6.45) is -4.48. The molecule has 2 rings (SSSR count). The Hall–Kier alpha value is -2.83. The van der Waals surface area contributed by atoms with Crippen LogP contribution in [0.25, 0.3) is 11.1 Å². The number of anilines is 1. The molecule has 0 aliphatic heterocycles. The minimum Gasteiger partial charge on any atom is -0.461 e. The van der Waals surface area contributed by atoms with Crippen LogP contribution in [0.1, 0.15) is 19.4 Å². The number of halogens is 3. The second-order valence-corrected chi connectivity index (χ2v) is 5.12. The third-order valence-corrected chi connectivity index (χ3v) is 3.36. The highest BCUT2D eigenvalue weighted by molar-refractivity contribution is 6.35. The smallest absolute Gasteiger partial charge is 0.417 e. The number of esters is 1. The fraction of sp³-hybridized carbons (Fsp3) is 0.222. The van der Waals surface area contributed by atoms with Crippen molar-refractivity contribution in [3.05, 3.63) is 54.1 Å². The molecule has 0 saturated carbocycles. The van der Waals surface area contributed by atoms with Crippen molar-refractivity contribution in [3.8, 4) is 11.1 Å². The Balaban J connectivity index is 2.41. The predicted octanol–water partition coefficient (Wildman–Crippen LogP) is 4.72. The van der Waals surface area contributed by atoms with Gasteiger partial charge in [0.2, 0.25) is 0 Å². The van der Waals surface area contributed by atoms with E-state index in [1.807, 2.05) is 0 Å².